The quantitative estimate of drug-likeness (QED) is 0.743. The summed E-state index contributed by atoms with van der Waals surface area (Å²) in [5, 5.41) is 12.1. The summed E-state index contributed by atoms with van der Waals surface area (Å²) < 4.78 is 0. The number of pyridine rings is 1. The Morgan fingerprint density at radius 2 is 1.90 bits per heavy atom. The van der Waals surface area contributed by atoms with Gasteiger partial charge in [-0.25, -0.2) is 4.98 Å². The molecule has 3 nitrogen and oxygen atoms in total. The topological polar surface area (TPSA) is 59.1 Å². The van der Waals surface area contributed by atoms with Gasteiger partial charge in [0.05, 0.1) is 21.3 Å². The molecule has 3 N–H and O–H groups in total. The molecule has 0 radical (unpaired) electrons. The van der Waals surface area contributed by atoms with Crippen molar-refractivity contribution in [2.75, 3.05) is 5.73 Å². The maximum Gasteiger partial charge on any atom is 0.126 e. The van der Waals surface area contributed by atoms with Crippen LogP contribution in [0.3, 0.4) is 0 Å². The fraction of sp³-hybridized carbons (Fsp3) is 0.188. The number of aryl methyl sites for hydroxylation is 2. The predicted octanol–water partition coefficient (Wildman–Crippen LogP) is 4.23. The summed E-state index contributed by atoms with van der Waals surface area (Å²) in [6, 6.07) is 9.47. The molecule has 0 aliphatic carbocycles. The van der Waals surface area contributed by atoms with Crippen molar-refractivity contribution in [2.24, 2.45) is 0 Å². The summed E-state index contributed by atoms with van der Waals surface area (Å²) in [6.45, 7) is 3.80. The molecule has 2 aromatic heterocycles. The highest BCUT2D eigenvalue weighted by Crippen LogP contribution is 2.42. The number of aliphatic hydroxyl groups is 1. The van der Waals surface area contributed by atoms with Crippen molar-refractivity contribution in [3.8, 4) is 0 Å². The zero-order chi connectivity index (χ0) is 15.1. The number of nitrogens with two attached hydrogens (primary N) is 1. The molecule has 108 valence electrons. The zero-order valence-corrected chi connectivity index (χ0v) is 13.3. The fourth-order valence-electron chi connectivity index (χ4n) is 2.46. The number of benzene rings is 1. The molecular formula is C16H15ClN2OS. The fourth-order valence-corrected chi connectivity index (χ4v) is 3.81. The van der Waals surface area contributed by atoms with Gasteiger partial charge in [0.15, 0.2) is 0 Å². The Balaban J connectivity index is 2.21. The number of thiophene rings is 1. The standard InChI is InChI=1S/C16H15ClN2OS/c1-8-11-13(18)15(14(20)10-6-4-3-5-7-10)21-16(11)19-9(2)12(8)17/h3-7,14,20H,18H2,1-2H3. The van der Waals surface area contributed by atoms with E-state index in [1.54, 1.807) is 0 Å². The minimum Gasteiger partial charge on any atom is -0.397 e. The van der Waals surface area contributed by atoms with E-state index in [1.807, 2.05) is 44.2 Å². The second kappa shape index (κ2) is 5.30. The number of fused-ring (bicyclic) bond motifs is 1. The molecule has 0 fully saturated rings. The van der Waals surface area contributed by atoms with Gasteiger partial charge in [0.25, 0.3) is 0 Å². The predicted molar refractivity (Wildman–Crippen MR) is 89.0 cm³/mol. The lowest BCUT2D eigenvalue weighted by atomic mass is 10.1. The summed E-state index contributed by atoms with van der Waals surface area (Å²) in [5.41, 5.74) is 9.33. The van der Waals surface area contributed by atoms with Gasteiger partial charge in [0.2, 0.25) is 0 Å². The number of hydrogen-bond donors (Lipinski definition) is 2. The first-order valence-corrected chi connectivity index (χ1v) is 7.77. The van der Waals surface area contributed by atoms with E-state index in [1.165, 1.54) is 11.3 Å². The number of hydrogen-bond acceptors (Lipinski definition) is 4. The Labute approximate surface area is 132 Å². The molecule has 5 heteroatoms. The van der Waals surface area contributed by atoms with Crippen molar-refractivity contribution in [1.82, 2.24) is 4.98 Å². The van der Waals surface area contributed by atoms with E-state index in [2.05, 4.69) is 4.98 Å². The van der Waals surface area contributed by atoms with Gasteiger partial charge >= 0.3 is 0 Å². The van der Waals surface area contributed by atoms with E-state index in [9.17, 15) is 5.11 Å². The van der Waals surface area contributed by atoms with Crippen LogP contribution in [-0.4, -0.2) is 10.1 Å². The average molecular weight is 319 g/mol. The third kappa shape index (κ3) is 2.29. The monoisotopic (exact) mass is 318 g/mol. The molecular weight excluding hydrogens is 304 g/mol. The Bertz CT molecular complexity index is 814. The summed E-state index contributed by atoms with van der Waals surface area (Å²) in [5.74, 6) is 0. The van der Waals surface area contributed by atoms with Crippen LogP contribution in [0.5, 0.6) is 0 Å². The van der Waals surface area contributed by atoms with Crippen LogP contribution in [0.25, 0.3) is 10.2 Å². The van der Waals surface area contributed by atoms with E-state index in [0.29, 0.717) is 15.6 Å². The van der Waals surface area contributed by atoms with E-state index in [-0.39, 0.29) is 0 Å². The minimum atomic E-state index is -0.746. The van der Waals surface area contributed by atoms with Crippen molar-refractivity contribution in [1.29, 1.82) is 0 Å². The molecule has 1 unspecified atom stereocenters. The maximum atomic E-state index is 10.6. The van der Waals surface area contributed by atoms with Crippen LogP contribution in [0.15, 0.2) is 30.3 Å². The maximum absolute atomic E-state index is 10.6. The van der Waals surface area contributed by atoms with Gasteiger partial charge in [-0.05, 0) is 25.0 Å². The largest absolute Gasteiger partial charge is 0.397 e. The summed E-state index contributed by atoms with van der Waals surface area (Å²) in [7, 11) is 0. The van der Waals surface area contributed by atoms with Gasteiger partial charge in [-0.15, -0.1) is 11.3 Å². The van der Waals surface area contributed by atoms with Crippen molar-refractivity contribution < 1.29 is 5.11 Å². The number of aliphatic hydroxyl groups excluding tert-OH is 1. The summed E-state index contributed by atoms with van der Waals surface area (Å²) in [4.78, 5) is 6.02. The van der Waals surface area contributed by atoms with Gasteiger partial charge in [-0.1, -0.05) is 41.9 Å². The Kier molecular flexibility index (Phi) is 3.61. The van der Waals surface area contributed by atoms with Crippen LogP contribution < -0.4 is 5.73 Å². The van der Waals surface area contributed by atoms with Crippen LogP contribution in [0.4, 0.5) is 5.69 Å². The Morgan fingerprint density at radius 3 is 2.57 bits per heavy atom. The first-order chi connectivity index (χ1) is 10.0. The van der Waals surface area contributed by atoms with Gasteiger partial charge in [-0.2, -0.15) is 0 Å². The van der Waals surface area contributed by atoms with Gasteiger partial charge in [-0.3, -0.25) is 0 Å². The third-order valence-corrected chi connectivity index (χ3v) is 5.32. The number of nitrogens with zero attached hydrogens (tertiary/aromatic N) is 1. The molecule has 3 aromatic rings. The molecule has 2 heterocycles. The summed E-state index contributed by atoms with van der Waals surface area (Å²) >= 11 is 7.68. The highest BCUT2D eigenvalue weighted by Gasteiger charge is 2.21. The molecule has 1 aromatic carbocycles. The van der Waals surface area contributed by atoms with E-state index in [4.69, 9.17) is 17.3 Å². The lowest BCUT2D eigenvalue weighted by molar-refractivity contribution is 0.225. The molecule has 0 spiro atoms. The normalized spacial score (nSPS) is 12.8. The molecule has 0 amide bonds. The van der Waals surface area contributed by atoms with Crippen molar-refractivity contribution in [2.45, 2.75) is 20.0 Å². The van der Waals surface area contributed by atoms with Gasteiger partial charge in [0.1, 0.15) is 10.9 Å². The lowest BCUT2D eigenvalue weighted by Gasteiger charge is -2.10. The molecule has 0 bridgehead atoms. The first-order valence-electron chi connectivity index (χ1n) is 6.58. The molecule has 3 rings (SSSR count). The number of anilines is 1. The van der Waals surface area contributed by atoms with Crippen LogP contribution >= 0.6 is 22.9 Å². The first kappa shape index (κ1) is 14.3. The van der Waals surface area contributed by atoms with E-state index < -0.39 is 6.10 Å². The molecule has 21 heavy (non-hydrogen) atoms. The molecule has 0 saturated carbocycles. The van der Waals surface area contributed by atoms with Crippen LogP contribution in [-0.2, 0) is 0 Å². The van der Waals surface area contributed by atoms with Crippen molar-refractivity contribution in [3.63, 3.8) is 0 Å². The number of rotatable bonds is 2. The van der Waals surface area contributed by atoms with Crippen LogP contribution in [0, 0.1) is 13.8 Å². The molecule has 0 saturated heterocycles. The highest BCUT2D eigenvalue weighted by molar-refractivity contribution is 7.19. The Hall–Kier alpha value is -1.62. The number of aromatic nitrogens is 1. The van der Waals surface area contributed by atoms with E-state index in [0.717, 1.165) is 27.0 Å². The highest BCUT2D eigenvalue weighted by atomic mass is 35.5. The SMILES string of the molecule is Cc1nc2sc(C(O)c3ccccc3)c(N)c2c(C)c1Cl. The number of halogens is 1. The Morgan fingerprint density at radius 1 is 1.24 bits per heavy atom. The van der Waals surface area contributed by atoms with Crippen LogP contribution in [0.2, 0.25) is 5.02 Å². The smallest absolute Gasteiger partial charge is 0.126 e. The second-order valence-electron chi connectivity index (χ2n) is 5.01. The second-order valence-corrected chi connectivity index (χ2v) is 6.42. The molecule has 1 atom stereocenters. The summed E-state index contributed by atoms with van der Waals surface area (Å²) in [6.07, 6.45) is -0.746. The molecule has 0 aliphatic heterocycles. The lowest BCUT2D eigenvalue weighted by Crippen LogP contribution is -2.00. The van der Waals surface area contributed by atoms with Crippen molar-refractivity contribution >= 4 is 38.8 Å². The van der Waals surface area contributed by atoms with E-state index >= 15 is 0 Å². The van der Waals surface area contributed by atoms with Crippen LogP contribution in [0.1, 0.15) is 27.8 Å². The average Bonchev–Trinajstić information content (AvgIpc) is 2.82. The third-order valence-electron chi connectivity index (χ3n) is 3.61. The van der Waals surface area contributed by atoms with Crippen molar-refractivity contribution in [3.05, 3.63) is 57.1 Å². The molecule has 0 aliphatic rings. The van der Waals surface area contributed by atoms with Gasteiger partial charge in [0, 0.05) is 5.39 Å². The van der Waals surface area contributed by atoms with Gasteiger partial charge < -0.3 is 10.8 Å². The number of nitrogen functional groups attached to an aromatic ring is 1. The zero-order valence-electron chi connectivity index (χ0n) is 11.7. The minimum absolute atomic E-state index is 0.568.